The first-order valence-corrected chi connectivity index (χ1v) is 5.48. The highest BCUT2D eigenvalue weighted by atomic mass is 32.1. The van der Waals surface area contributed by atoms with Crippen LogP contribution in [0.3, 0.4) is 0 Å². The summed E-state index contributed by atoms with van der Waals surface area (Å²) in [5.74, 6) is 0. The number of hydrogen-bond donors (Lipinski definition) is 3. The Balaban J connectivity index is 2.64. The molecule has 0 amide bonds. The van der Waals surface area contributed by atoms with Gasteiger partial charge in [-0.3, -0.25) is 10.1 Å². The molecule has 1 aromatic heterocycles. The van der Waals surface area contributed by atoms with E-state index in [1.54, 1.807) is 7.05 Å². The van der Waals surface area contributed by atoms with Gasteiger partial charge in [0.05, 0.1) is 11.0 Å². The molecule has 8 heteroatoms. The number of aliphatic hydroxyl groups is 2. The Morgan fingerprint density at radius 3 is 2.88 bits per heavy atom. The molecule has 0 spiro atoms. The Hall–Kier alpha value is -1.09. The van der Waals surface area contributed by atoms with Crippen molar-refractivity contribution in [1.82, 2.24) is 10.3 Å². The predicted octanol–water partition coefficient (Wildman–Crippen LogP) is 0.0551. The summed E-state index contributed by atoms with van der Waals surface area (Å²) in [7, 11) is 1.73. The molecule has 1 heterocycles. The van der Waals surface area contributed by atoms with Gasteiger partial charge in [-0.25, -0.2) is 4.98 Å². The van der Waals surface area contributed by atoms with Crippen LogP contribution in [0.1, 0.15) is 17.5 Å². The van der Waals surface area contributed by atoms with Crippen LogP contribution in [-0.4, -0.2) is 39.8 Å². The van der Waals surface area contributed by atoms with Gasteiger partial charge in [0, 0.05) is 0 Å². The molecule has 7 nitrogen and oxygen atoms in total. The number of nitrogens with one attached hydrogen (secondary N) is 1. The smallest absolute Gasteiger partial charge is 0.344 e. The molecule has 90 valence electrons. The summed E-state index contributed by atoms with van der Waals surface area (Å²) in [6, 6.07) is 0. The largest absolute Gasteiger partial charge is 0.390 e. The minimum absolute atomic E-state index is 0.144. The normalized spacial score (nSPS) is 14.7. The Morgan fingerprint density at radius 1 is 1.69 bits per heavy atom. The molecular weight excluding hydrogens is 234 g/mol. The summed E-state index contributed by atoms with van der Waals surface area (Å²) in [5.41, 5.74) is 0. The van der Waals surface area contributed by atoms with Crippen LogP contribution in [0.5, 0.6) is 0 Å². The third-order valence-corrected chi connectivity index (χ3v) is 3.02. The van der Waals surface area contributed by atoms with Crippen LogP contribution in [0.15, 0.2) is 6.20 Å². The lowest BCUT2D eigenvalue weighted by Crippen LogP contribution is -2.23. The summed E-state index contributed by atoms with van der Waals surface area (Å²) >= 11 is 0.770. The molecular formula is C8H13N3O4S. The van der Waals surface area contributed by atoms with Crippen molar-refractivity contribution in [3.8, 4) is 0 Å². The molecule has 16 heavy (non-hydrogen) atoms. The molecule has 2 unspecified atom stereocenters. The van der Waals surface area contributed by atoms with Gasteiger partial charge in [0.25, 0.3) is 0 Å². The van der Waals surface area contributed by atoms with E-state index in [9.17, 15) is 20.3 Å². The van der Waals surface area contributed by atoms with Crippen LogP contribution in [0.2, 0.25) is 0 Å². The summed E-state index contributed by atoms with van der Waals surface area (Å²) in [6.07, 6.45) is -0.718. The van der Waals surface area contributed by atoms with Crippen LogP contribution in [0.25, 0.3) is 0 Å². The van der Waals surface area contributed by atoms with Crippen molar-refractivity contribution in [3.05, 3.63) is 21.3 Å². The first-order chi connectivity index (χ1) is 7.56. The topological polar surface area (TPSA) is 109 Å². The number of aromatic nitrogens is 1. The Morgan fingerprint density at radius 2 is 2.38 bits per heavy atom. The molecule has 0 saturated heterocycles. The first kappa shape index (κ1) is 13.0. The van der Waals surface area contributed by atoms with Crippen molar-refractivity contribution in [1.29, 1.82) is 0 Å². The van der Waals surface area contributed by atoms with E-state index in [1.807, 2.05) is 0 Å². The zero-order chi connectivity index (χ0) is 12.1. The predicted molar refractivity (Wildman–Crippen MR) is 58.3 cm³/mol. The van der Waals surface area contributed by atoms with E-state index < -0.39 is 17.1 Å². The maximum absolute atomic E-state index is 10.4. The Bertz CT molecular complexity index is 357. The molecule has 0 saturated carbocycles. The number of aliphatic hydroxyl groups excluding tert-OH is 2. The molecule has 0 aliphatic carbocycles. The lowest BCUT2D eigenvalue weighted by atomic mass is 10.1. The number of hydrogen-bond acceptors (Lipinski definition) is 7. The lowest BCUT2D eigenvalue weighted by molar-refractivity contribution is -0.380. The molecule has 0 aromatic carbocycles. The van der Waals surface area contributed by atoms with Gasteiger partial charge < -0.3 is 15.5 Å². The van der Waals surface area contributed by atoms with Gasteiger partial charge in [0.15, 0.2) is 0 Å². The second kappa shape index (κ2) is 5.85. The lowest BCUT2D eigenvalue weighted by Gasteiger charge is -2.14. The van der Waals surface area contributed by atoms with Crippen molar-refractivity contribution in [2.24, 2.45) is 0 Å². The second-order valence-electron chi connectivity index (χ2n) is 3.20. The van der Waals surface area contributed by atoms with Crippen molar-refractivity contribution < 1.29 is 15.1 Å². The Kier molecular flexibility index (Phi) is 4.74. The fraction of sp³-hybridized carbons (Fsp3) is 0.625. The zero-order valence-corrected chi connectivity index (χ0v) is 9.48. The maximum atomic E-state index is 10.4. The molecule has 0 aliphatic rings. The van der Waals surface area contributed by atoms with Gasteiger partial charge in [0.2, 0.25) is 0 Å². The number of nitro groups is 1. The van der Waals surface area contributed by atoms with Crippen LogP contribution >= 0.6 is 11.3 Å². The van der Waals surface area contributed by atoms with E-state index in [4.69, 9.17) is 0 Å². The van der Waals surface area contributed by atoms with Gasteiger partial charge >= 0.3 is 5.00 Å². The SMILES string of the molecule is CNCCC(O)C(O)c1ncc([N+](=O)[O-])s1. The highest BCUT2D eigenvalue weighted by Crippen LogP contribution is 2.28. The minimum atomic E-state index is -1.17. The van der Waals surface area contributed by atoms with Crippen LogP contribution in [0.4, 0.5) is 5.00 Å². The van der Waals surface area contributed by atoms with Gasteiger partial charge in [0.1, 0.15) is 17.3 Å². The quantitative estimate of drug-likeness (QED) is 0.484. The monoisotopic (exact) mass is 247 g/mol. The van der Waals surface area contributed by atoms with Gasteiger partial charge in [-0.1, -0.05) is 0 Å². The summed E-state index contributed by atoms with van der Waals surface area (Å²) in [5, 5.41) is 32.5. The van der Waals surface area contributed by atoms with E-state index in [1.165, 1.54) is 0 Å². The van der Waals surface area contributed by atoms with Gasteiger partial charge in [-0.2, -0.15) is 0 Å². The van der Waals surface area contributed by atoms with Crippen molar-refractivity contribution in [2.75, 3.05) is 13.6 Å². The molecule has 3 N–H and O–H groups in total. The van der Waals surface area contributed by atoms with Crippen molar-refractivity contribution >= 4 is 16.3 Å². The van der Waals surface area contributed by atoms with Crippen molar-refractivity contribution in [3.63, 3.8) is 0 Å². The molecule has 0 radical (unpaired) electrons. The van der Waals surface area contributed by atoms with E-state index in [0.717, 1.165) is 17.5 Å². The molecule has 1 rings (SSSR count). The van der Waals surface area contributed by atoms with Gasteiger partial charge in [-0.15, -0.1) is 0 Å². The van der Waals surface area contributed by atoms with Crippen LogP contribution < -0.4 is 5.32 Å². The fourth-order valence-corrected chi connectivity index (χ4v) is 1.89. The summed E-state index contributed by atoms with van der Waals surface area (Å²) in [4.78, 5) is 13.5. The minimum Gasteiger partial charge on any atom is -0.390 e. The summed E-state index contributed by atoms with van der Waals surface area (Å²) in [6.45, 7) is 0.547. The van der Waals surface area contributed by atoms with E-state index >= 15 is 0 Å². The van der Waals surface area contributed by atoms with E-state index in [-0.39, 0.29) is 10.0 Å². The summed E-state index contributed by atoms with van der Waals surface area (Å²) < 4.78 is 0. The number of thiazole rings is 1. The highest BCUT2D eigenvalue weighted by molar-refractivity contribution is 7.14. The zero-order valence-electron chi connectivity index (χ0n) is 8.66. The number of nitrogens with zero attached hydrogens (tertiary/aromatic N) is 2. The number of rotatable bonds is 6. The van der Waals surface area contributed by atoms with Crippen LogP contribution in [0, 0.1) is 10.1 Å². The van der Waals surface area contributed by atoms with E-state index in [0.29, 0.717) is 13.0 Å². The van der Waals surface area contributed by atoms with Gasteiger partial charge in [-0.05, 0) is 31.4 Å². The second-order valence-corrected chi connectivity index (χ2v) is 4.24. The average Bonchev–Trinajstić information content (AvgIpc) is 2.74. The third-order valence-electron chi connectivity index (χ3n) is 2.00. The highest BCUT2D eigenvalue weighted by Gasteiger charge is 2.23. The van der Waals surface area contributed by atoms with Crippen LogP contribution in [-0.2, 0) is 0 Å². The molecule has 0 aliphatic heterocycles. The maximum Gasteiger partial charge on any atom is 0.344 e. The average molecular weight is 247 g/mol. The molecule has 1 aromatic rings. The first-order valence-electron chi connectivity index (χ1n) is 4.67. The molecule has 0 bridgehead atoms. The standard InChI is InChI=1S/C8H13N3O4S/c1-9-3-2-5(12)7(13)8-10-4-6(16-8)11(14)15/h4-5,7,9,12-13H,2-3H2,1H3. The van der Waals surface area contributed by atoms with E-state index in [2.05, 4.69) is 10.3 Å². The molecule has 2 atom stereocenters. The fourth-order valence-electron chi connectivity index (χ4n) is 1.11. The van der Waals surface area contributed by atoms with Crippen molar-refractivity contribution in [2.45, 2.75) is 18.6 Å². The molecule has 0 fully saturated rings. The third kappa shape index (κ3) is 3.20. The Labute approximate surface area is 95.9 Å².